The van der Waals surface area contributed by atoms with E-state index < -0.39 is 0 Å². The summed E-state index contributed by atoms with van der Waals surface area (Å²) in [4.78, 5) is 6.78. The van der Waals surface area contributed by atoms with Crippen molar-refractivity contribution >= 4 is 27.3 Å². The van der Waals surface area contributed by atoms with Crippen LogP contribution in [0.4, 0.5) is 0 Å². The molecule has 2 aliphatic rings. The molecule has 0 amide bonds. The molecule has 3 unspecified atom stereocenters. The van der Waals surface area contributed by atoms with Crippen LogP contribution in [0.25, 0.3) is 0 Å². The van der Waals surface area contributed by atoms with Crippen LogP contribution in [0.2, 0.25) is 0 Å². The minimum Gasteiger partial charge on any atom is -0.326 e. The largest absolute Gasteiger partial charge is 0.326 e. The van der Waals surface area contributed by atoms with Crippen LogP contribution in [0.1, 0.15) is 43.5 Å². The third kappa shape index (κ3) is 3.53. The fourth-order valence-corrected chi connectivity index (χ4v) is 5.49. The Morgan fingerprint density at radius 2 is 2.14 bits per heavy atom. The van der Waals surface area contributed by atoms with Gasteiger partial charge in [0.15, 0.2) is 0 Å². The predicted molar refractivity (Wildman–Crippen MR) is 93.8 cm³/mol. The number of rotatable bonds is 4. The summed E-state index contributed by atoms with van der Waals surface area (Å²) in [6.07, 6.45) is 5.04. The highest BCUT2D eigenvalue weighted by atomic mass is 79.9. The van der Waals surface area contributed by atoms with Crippen LogP contribution in [-0.4, -0.2) is 48.1 Å². The van der Waals surface area contributed by atoms with Crippen LogP contribution in [0, 0.1) is 0 Å². The maximum absolute atomic E-state index is 6.51. The summed E-state index contributed by atoms with van der Waals surface area (Å²) >= 11 is 5.45. The SMILES string of the molecule is CCC(N)C(c1ccc(Br)s1)N1CCCN2CCCC2C1. The first-order valence-corrected chi connectivity index (χ1v) is 9.79. The third-order valence-corrected chi connectivity index (χ3v) is 6.69. The summed E-state index contributed by atoms with van der Waals surface area (Å²) in [6, 6.07) is 5.78. The molecule has 3 heterocycles. The van der Waals surface area contributed by atoms with E-state index in [1.165, 1.54) is 54.1 Å². The van der Waals surface area contributed by atoms with E-state index in [0.717, 1.165) is 12.5 Å². The second kappa shape index (κ2) is 7.09. The van der Waals surface area contributed by atoms with Crippen molar-refractivity contribution in [3.8, 4) is 0 Å². The molecular weight excluding hydrogens is 346 g/mol. The number of halogens is 1. The quantitative estimate of drug-likeness (QED) is 0.879. The van der Waals surface area contributed by atoms with Crippen LogP contribution in [0.15, 0.2) is 15.9 Å². The Morgan fingerprint density at radius 1 is 1.33 bits per heavy atom. The second-order valence-corrected chi connectivity index (χ2v) is 8.83. The van der Waals surface area contributed by atoms with E-state index in [-0.39, 0.29) is 6.04 Å². The van der Waals surface area contributed by atoms with Gasteiger partial charge in [-0.2, -0.15) is 0 Å². The fraction of sp³-hybridized carbons (Fsp3) is 0.750. The van der Waals surface area contributed by atoms with Crippen molar-refractivity contribution < 1.29 is 0 Å². The summed E-state index contributed by atoms with van der Waals surface area (Å²) in [6.45, 7) is 7.14. The Morgan fingerprint density at radius 3 is 2.86 bits per heavy atom. The Labute approximate surface area is 140 Å². The van der Waals surface area contributed by atoms with Gasteiger partial charge in [-0.05, 0) is 66.8 Å². The van der Waals surface area contributed by atoms with Gasteiger partial charge < -0.3 is 5.73 Å². The highest BCUT2D eigenvalue weighted by molar-refractivity contribution is 9.11. The first-order chi connectivity index (χ1) is 10.2. The average Bonchev–Trinajstić information content (AvgIpc) is 3.04. The van der Waals surface area contributed by atoms with Gasteiger partial charge in [0.1, 0.15) is 0 Å². The molecule has 0 saturated carbocycles. The van der Waals surface area contributed by atoms with E-state index in [1.807, 2.05) is 11.3 Å². The maximum atomic E-state index is 6.51. The standard InChI is InChI=1S/C16H26BrN3S/c1-2-13(18)16(14-6-7-15(17)21-14)20-10-4-9-19-8-3-5-12(19)11-20/h6-7,12-13,16H,2-5,8-11,18H2,1H3. The summed E-state index contributed by atoms with van der Waals surface area (Å²) < 4.78 is 1.21. The van der Waals surface area contributed by atoms with Gasteiger partial charge in [-0.15, -0.1) is 11.3 Å². The molecule has 0 spiro atoms. The fourth-order valence-electron chi connectivity index (χ4n) is 3.86. The zero-order chi connectivity index (χ0) is 14.8. The van der Waals surface area contributed by atoms with Crippen LogP contribution in [0.5, 0.6) is 0 Å². The summed E-state index contributed by atoms with van der Waals surface area (Å²) in [7, 11) is 0. The number of nitrogens with zero attached hydrogens (tertiary/aromatic N) is 2. The van der Waals surface area contributed by atoms with E-state index >= 15 is 0 Å². The van der Waals surface area contributed by atoms with Crippen LogP contribution >= 0.6 is 27.3 Å². The van der Waals surface area contributed by atoms with Gasteiger partial charge in [0, 0.05) is 30.1 Å². The van der Waals surface area contributed by atoms with Gasteiger partial charge in [0.05, 0.1) is 9.83 Å². The molecule has 1 aromatic heterocycles. The Hall–Kier alpha value is 0.0600. The van der Waals surface area contributed by atoms with Crippen molar-refractivity contribution in [1.29, 1.82) is 0 Å². The number of nitrogens with two attached hydrogens (primary N) is 1. The lowest BCUT2D eigenvalue weighted by atomic mass is 10.0. The number of hydrogen-bond acceptors (Lipinski definition) is 4. The van der Waals surface area contributed by atoms with Gasteiger partial charge in [0.25, 0.3) is 0 Å². The van der Waals surface area contributed by atoms with Crippen molar-refractivity contribution in [2.75, 3.05) is 26.2 Å². The van der Waals surface area contributed by atoms with Gasteiger partial charge in [-0.3, -0.25) is 9.80 Å². The van der Waals surface area contributed by atoms with Crippen molar-refractivity contribution in [3.05, 3.63) is 20.8 Å². The zero-order valence-electron chi connectivity index (χ0n) is 12.8. The lowest BCUT2D eigenvalue weighted by molar-refractivity contribution is 0.154. The van der Waals surface area contributed by atoms with E-state index in [4.69, 9.17) is 5.73 Å². The third-order valence-electron chi connectivity index (χ3n) is 4.99. The number of thiophene rings is 1. The summed E-state index contributed by atoms with van der Waals surface area (Å²) in [5.41, 5.74) is 6.51. The first kappa shape index (κ1) is 15.9. The molecule has 3 rings (SSSR count). The monoisotopic (exact) mass is 371 g/mol. The topological polar surface area (TPSA) is 32.5 Å². The van der Waals surface area contributed by atoms with Crippen LogP contribution in [0.3, 0.4) is 0 Å². The molecule has 0 bridgehead atoms. The Balaban J connectivity index is 1.81. The first-order valence-electron chi connectivity index (χ1n) is 8.18. The smallest absolute Gasteiger partial charge is 0.0702 e. The van der Waals surface area contributed by atoms with Gasteiger partial charge >= 0.3 is 0 Å². The van der Waals surface area contributed by atoms with Gasteiger partial charge in [0.2, 0.25) is 0 Å². The Bertz CT molecular complexity index is 464. The minimum absolute atomic E-state index is 0.225. The molecular formula is C16H26BrN3S. The molecule has 2 fully saturated rings. The second-order valence-electron chi connectivity index (χ2n) is 6.34. The molecule has 0 aliphatic carbocycles. The highest BCUT2D eigenvalue weighted by Crippen LogP contribution is 2.35. The molecule has 2 aliphatic heterocycles. The number of hydrogen-bond donors (Lipinski definition) is 1. The molecule has 2 saturated heterocycles. The highest BCUT2D eigenvalue weighted by Gasteiger charge is 2.34. The van der Waals surface area contributed by atoms with Gasteiger partial charge in [-0.25, -0.2) is 0 Å². The molecule has 5 heteroatoms. The molecule has 118 valence electrons. The zero-order valence-corrected chi connectivity index (χ0v) is 15.2. The molecule has 21 heavy (non-hydrogen) atoms. The van der Waals surface area contributed by atoms with E-state index in [9.17, 15) is 0 Å². The van der Waals surface area contributed by atoms with E-state index in [2.05, 4.69) is 44.8 Å². The van der Waals surface area contributed by atoms with Crippen LogP contribution in [-0.2, 0) is 0 Å². The van der Waals surface area contributed by atoms with E-state index in [0.29, 0.717) is 6.04 Å². The van der Waals surface area contributed by atoms with Crippen molar-refractivity contribution in [3.63, 3.8) is 0 Å². The maximum Gasteiger partial charge on any atom is 0.0702 e. The summed E-state index contributed by atoms with van der Waals surface area (Å²) in [5, 5.41) is 0. The van der Waals surface area contributed by atoms with Gasteiger partial charge in [-0.1, -0.05) is 6.92 Å². The van der Waals surface area contributed by atoms with Crippen LogP contribution < -0.4 is 5.73 Å². The van der Waals surface area contributed by atoms with E-state index in [1.54, 1.807) is 0 Å². The van der Waals surface area contributed by atoms with Crippen molar-refractivity contribution in [1.82, 2.24) is 9.80 Å². The Kier molecular flexibility index (Phi) is 5.38. The molecule has 1 aromatic rings. The normalized spacial score (nSPS) is 27.3. The molecule has 3 nitrogen and oxygen atoms in total. The molecule has 3 atom stereocenters. The average molecular weight is 372 g/mol. The molecule has 2 N–H and O–H groups in total. The van der Waals surface area contributed by atoms with Crippen molar-refractivity contribution in [2.45, 2.75) is 50.7 Å². The predicted octanol–water partition coefficient (Wildman–Crippen LogP) is 3.46. The lowest BCUT2D eigenvalue weighted by Gasteiger charge is -2.35. The van der Waals surface area contributed by atoms with Crippen molar-refractivity contribution in [2.24, 2.45) is 5.73 Å². The summed E-state index contributed by atoms with van der Waals surface area (Å²) in [5.74, 6) is 0. The lowest BCUT2D eigenvalue weighted by Crippen LogP contribution is -2.44. The molecule has 0 aromatic carbocycles. The number of fused-ring (bicyclic) bond motifs is 1. The minimum atomic E-state index is 0.225. The molecule has 0 radical (unpaired) electrons.